The molecule has 1 rings (SSSR count). The average molecular weight is 241 g/mol. The summed E-state index contributed by atoms with van der Waals surface area (Å²) in [7, 11) is 0. The minimum Gasteiger partial charge on any atom is -0.396 e. The van der Waals surface area contributed by atoms with Gasteiger partial charge in [-0.2, -0.15) is 0 Å². The first kappa shape index (κ1) is 13.7. The van der Waals surface area contributed by atoms with Gasteiger partial charge in [0.15, 0.2) is 0 Å². The van der Waals surface area contributed by atoms with Gasteiger partial charge in [0.05, 0.1) is 0 Å². The molecule has 2 N–H and O–H groups in total. The molecule has 3 heteroatoms. The molecule has 1 heterocycles. The zero-order chi connectivity index (χ0) is 12.2. The van der Waals surface area contributed by atoms with Gasteiger partial charge in [-0.05, 0) is 45.7 Å². The Balaban J connectivity index is 2.65. The number of aliphatic hydroxyl groups excluding tert-OH is 1. The number of rotatable bonds is 6. The van der Waals surface area contributed by atoms with Crippen molar-refractivity contribution in [2.75, 3.05) is 6.61 Å². The molecule has 2 nitrogen and oxygen atoms in total. The standard InChI is InChI=1S/C13H23NOS/c1-5-13(4,8-9-15)14-11(3)12-7-6-10(2)16-12/h6-7,11,14-15H,5,8-9H2,1-4H3. The lowest BCUT2D eigenvalue weighted by Crippen LogP contribution is -2.43. The lowest BCUT2D eigenvalue weighted by atomic mass is 9.93. The second kappa shape index (κ2) is 5.80. The predicted octanol–water partition coefficient (Wildman–Crippen LogP) is 3.26. The topological polar surface area (TPSA) is 32.3 Å². The fraction of sp³-hybridized carbons (Fsp3) is 0.692. The number of hydrogen-bond acceptors (Lipinski definition) is 3. The maximum absolute atomic E-state index is 9.08. The summed E-state index contributed by atoms with van der Waals surface area (Å²) in [6.45, 7) is 8.91. The van der Waals surface area contributed by atoms with Crippen LogP contribution in [0.4, 0.5) is 0 Å². The number of aliphatic hydroxyl groups is 1. The van der Waals surface area contributed by atoms with Gasteiger partial charge in [0, 0.05) is 27.9 Å². The molecular formula is C13H23NOS. The van der Waals surface area contributed by atoms with Crippen LogP contribution in [0.2, 0.25) is 0 Å². The van der Waals surface area contributed by atoms with Crippen molar-refractivity contribution in [1.82, 2.24) is 5.32 Å². The predicted molar refractivity (Wildman–Crippen MR) is 71.0 cm³/mol. The van der Waals surface area contributed by atoms with Crippen LogP contribution in [0, 0.1) is 6.92 Å². The molecule has 0 aromatic carbocycles. The fourth-order valence-corrected chi connectivity index (χ4v) is 2.76. The van der Waals surface area contributed by atoms with E-state index in [2.05, 4.69) is 45.1 Å². The minimum atomic E-state index is 0.0338. The number of aryl methyl sites for hydroxylation is 1. The molecule has 1 aromatic heterocycles. The van der Waals surface area contributed by atoms with E-state index in [0.29, 0.717) is 6.04 Å². The molecule has 2 unspecified atom stereocenters. The van der Waals surface area contributed by atoms with Gasteiger partial charge in [-0.3, -0.25) is 0 Å². The zero-order valence-corrected chi connectivity index (χ0v) is 11.5. The molecule has 2 atom stereocenters. The van der Waals surface area contributed by atoms with Gasteiger partial charge in [0.25, 0.3) is 0 Å². The van der Waals surface area contributed by atoms with E-state index < -0.39 is 0 Å². The van der Waals surface area contributed by atoms with Crippen LogP contribution in [0.15, 0.2) is 12.1 Å². The highest BCUT2D eigenvalue weighted by Crippen LogP contribution is 2.26. The molecule has 0 saturated carbocycles. The van der Waals surface area contributed by atoms with Gasteiger partial charge in [-0.25, -0.2) is 0 Å². The molecule has 0 spiro atoms. The molecule has 0 amide bonds. The van der Waals surface area contributed by atoms with Crippen LogP contribution in [0.3, 0.4) is 0 Å². The Morgan fingerprint density at radius 2 is 2.19 bits per heavy atom. The molecule has 16 heavy (non-hydrogen) atoms. The SMILES string of the molecule is CCC(C)(CCO)NC(C)c1ccc(C)s1. The van der Waals surface area contributed by atoms with Gasteiger partial charge in [0.2, 0.25) is 0 Å². The zero-order valence-electron chi connectivity index (χ0n) is 10.7. The van der Waals surface area contributed by atoms with Crippen LogP contribution in [-0.4, -0.2) is 17.3 Å². The molecule has 0 fully saturated rings. The largest absolute Gasteiger partial charge is 0.396 e. The van der Waals surface area contributed by atoms with Crippen molar-refractivity contribution in [1.29, 1.82) is 0 Å². The monoisotopic (exact) mass is 241 g/mol. The van der Waals surface area contributed by atoms with Crippen LogP contribution in [0.25, 0.3) is 0 Å². The lowest BCUT2D eigenvalue weighted by molar-refractivity contribution is 0.205. The average Bonchev–Trinajstić information content (AvgIpc) is 2.65. The van der Waals surface area contributed by atoms with E-state index in [0.717, 1.165) is 12.8 Å². The lowest BCUT2D eigenvalue weighted by Gasteiger charge is -2.32. The molecule has 0 radical (unpaired) electrons. The molecule has 1 aromatic rings. The molecule has 0 aliphatic rings. The van der Waals surface area contributed by atoms with Crippen LogP contribution < -0.4 is 5.32 Å². The van der Waals surface area contributed by atoms with Crippen molar-refractivity contribution in [2.24, 2.45) is 0 Å². The Hall–Kier alpha value is -0.380. The van der Waals surface area contributed by atoms with Crippen molar-refractivity contribution in [3.05, 3.63) is 21.9 Å². The van der Waals surface area contributed by atoms with Crippen LogP contribution in [0.5, 0.6) is 0 Å². The van der Waals surface area contributed by atoms with Crippen LogP contribution in [-0.2, 0) is 0 Å². The number of nitrogens with one attached hydrogen (secondary N) is 1. The highest BCUT2D eigenvalue weighted by Gasteiger charge is 2.24. The highest BCUT2D eigenvalue weighted by molar-refractivity contribution is 7.12. The Morgan fingerprint density at radius 3 is 2.62 bits per heavy atom. The van der Waals surface area contributed by atoms with Gasteiger partial charge in [-0.1, -0.05) is 6.92 Å². The van der Waals surface area contributed by atoms with Gasteiger partial charge in [0.1, 0.15) is 0 Å². The third-order valence-electron chi connectivity index (χ3n) is 3.20. The number of thiophene rings is 1. The summed E-state index contributed by atoms with van der Waals surface area (Å²) in [5, 5.41) is 12.7. The summed E-state index contributed by atoms with van der Waals surface area (Å²) in [4.78, 5) is 2.72. The Morgan fingerprint density at radius 1 is 1.50 bits per heavy atom. The van der Waals surface area contributed by atoms with E-state index >= 15 is 0 Å². The second-order valence-corrected chi connectivity index (χ2v) is 6.02. The van der Waals surface area contributed by atoms with Crippen molar-refractivity contribution in [3.63, 3.8) is 0 Å². The smallest absolute Gasteiger partial charge is 0.0448 e. The van der Waals surface area contributed by atoms with E-state index in [1.807, 2.05) is 11.3 Å². The van der Waals surface area contributed by atoms with E-state index in [1.165, 1.54) is 9.75 Å². The van der Waals surface area contributed by atoms with Crippen molar-refractivity contribution < 1.29 is 5.11 Å². The first-order valence-electron chi connectivity index (χ1n) is 5.95. The van der Waals surface area contributed by atoms with E-state index in [9.17, 15) is 0 Å². The van der Waals surface area contributed by atoms with E-state index in [-0.39, 0.29) is 12.1 Å². The molecule has 92 valence electrons. The highest BCUT2D eigenvalue weighted by atomic mass is 32.1. The molecular weight excluding hydrogens is 218 g/mol. The van der Waals surface area contributed by atoms with Crippen molar-refractivity contribution in [3.8, 4) is 0 Å². The fourth-order valence-electron chi connectivity index (χ4n) is 1.88. The third kappa shape index (κ3) is 3.58. The van der Waals surface area contributed by atoms with Crippen LogP contribution >= 0.6 is 11.3 Å². The second-order valence-electron chi connectivity index (χ2n) is 4.70. The first-order chi connectivity index (χ1) is 7.50. The van der Waals surface area contributed by atoms with E-state index in [4.69, 9.17) is 5.11 Å². The van der Waals surface area contributed by atoms with Crippen LogP contribution in [0.1, 0.15) is 49.4 Å². The number of hydrogen-bond donors (Lipinski definition) is 2. The minimum absolute atomic E-state index is 0.0338. The molecule has 0 aliphatic heterocycles. The summed E-state index contributed by atoms with van der Waals surface area (Å²) in [5.41, 5.74) is 0.0338. The summed E-state index contributed by atoms with van der Waals surface area (Å²) in [6, 6.07) is 4.70. The normalized spacial score (nSPS) is 17.1. The quantitative estimate of drug-likeness (QED) is 0.801. The van der Waals surface area contributed by atoms with E-state index in [1.54, 1.807) is 0 Å². The molecule has 0 saturated heterocycles. The van der Waals surface area contributed by atoms with Crippen molar-refractivity contribution >= 4 is 11.3 Å². The maximum Gasteiger partial charge on any atom is 0.0448 e. The van der Waals surface area contributed by atoms with Gasteiger partial charge < -0.3 is 10.4 Å². The summed E-state index contributed by atoms with van der Waals surface area (Å²) in [6.07, 6.45) is 1.83. The maximum atomic E-state index is 9.08. The van der Waals surface area contributed by atoms with Crippen molar-refractivity contribution in [2.45, 2.75) is 52.1 Å². The third-order valence-corrected chi connectivity index (χ3v) is 4.38. The Bertz CT molecular complexity index is 323. The van der Waals surface area contributed by atoms with Gasteiger partial charge >= 0.3 is 0 Å². The Labute approximate surface area is 103 Å². The first-order valence-corrected chi connectivity index (χ1v) is 6.77. The Kier molecular flexibility index (Phi) is 4.96. The molecule has 0 bridgehead atoms. The molecule has 0 aliphatic carbocycles. The summed E-state index contributed by atoms with van der Waals surface area (Å²) >= 11 is 1.84. The summed E-state index contributed by atoms with van der Waals surface area (Å²) in [5.74, 6) is 0. The van der Waals surface area contributed by atoms with Gasteiger partial charge in [-0.15, -0.1) is 11.3 Å². The summed E-state index contributed by atoms with van der Waals surface area (Å²) < 4.78 is 0.